The smallest absolute Gasteiger partial charge is 0.152 e. The average molecular weight is 218 g/mol. The molecule has 1 saturated carbocycles. The van der Waals surface area contributed by atoms with Crippen LogP contribution < -0.4 is 11.1 Å². The van der Waals surface area contributed by atoms with Gasteiger partial charge in [-0.3, -0.25) is 0 Å². The molecule has 1 unspecified atom stereocenters. The maximum absolute atomic E-state index is 11.6. The highest BCUT2D eigenvalue weighted by molar-refractivity contribution is 7.91. The van der Waals surface area contributed by atoms with Crippen molar-refractivity contribution in [3.63, 3.8) is 0 Å². The number of piperidine rings is 1. The normalized spacial score (nSPS) is 43.6. The molecule has 1 saturated heterocycles. The van der Waals surface area contributed by atoms with E-state index in [0.717, 1.165) is 25.8 Å². The summed E-state index contributed by atoms with van der Waals surface area (Å²) in [4.78, 5) is 0. The van der Waals surface area contributed by atoms with Crippen LogP contribution in [0.1, 0.15) is 19.3 Å². The van der Waals surface area contributed by atoms with Crippen molar-refractivity contribution < 1.29 is 8.42 Å². The molecular weight excluding hydrogens is 200 g/mol. The molecule has 2 rings (SSSR count). The van der Waals surface area contributed by atoms with E-state index < -0.39 is 9.84 Å². The Hall–Kier alpha value is -0.130. The van der Waals surface area contributed by atoms with Crippen LogP contribution in [0, 0.1) is 5.41 Å². The van der Waals surface area contributed by atoms with Crippen LogP contribution in [0.5, 0.6) is 0 Å². The molecule has 2 fully saturated rings. The predicted octanol–water partition coefficient (Wildman–Crippen LogP) is -0.500. The average Bonchev–Trinajstić information content (AvgIpc) is 2.00. The molecular formula is C9H18N2O2S. The molecule has 2 aliphatic rings. The van der Waals surface area contributed by atoms with E-state index in [2.05, 4.69) is 5.32 Å². The molecule has 1 aliphatic heterocycles. The lowest BCUT2D eigenvalue weighted by Crippen LogP contribution is -2.61. The number of hydrogen-bond donors (Lipinski definition) is 2. The molecule has 1 atom stereocenters. The molecule has 0 radical (unpaired) electrons. The molecule has 14 heavy (non-hydrogen) atoms. The number of hydrogen-bond acceptors (Lipinski definition) is 4. The third kappa shape index (κ3) is 1.57. The van der Waals surface area contributed by atoms with E-state index in [9.17, 15) is 8.42 Å². The van der Waals surface area contributed by atoms with Gasteiger partial charge in [0.2, 0.25) is 0 Å². The molecule has 1 heterocycles. The topological polar surface area (TPSA) is 72.2 Å². The van der Waals surface area contributed by atoms with Crippen molar-refractivity contribution in [1.82, 2.24) is 5.32 Å². The first-order valence-corrected chi connectivity index (χ1v) is 7.05. The van der Waals surface area contributed by atoms with Gasteiger partial charge in [-0.2, -0.15) is 0 Å². The first kappa shape index (κ1) is 10.4. The minimum absolute atomic E-state index is 0.00174. The Morgan fingerprint density at radius 3 is 2.57 bits per heavy atom. The van der Waals surface area contributed by atoms with E-state index >= 15 is 0 Å². The zero-order valence-corrected chi connectivity index (χ0v) is 9.31. The Morgan fingerprint density at radius 1 is 1.43 bits per heavy atom. The van der Waals surface area contributed by atoms with E-state index in [0.29, 0.717) is 6.54 Å². The van der Waals surface area contributed by atoms with E-state index in [4.69, 9.17) is 5.73 Å². The third-order valence-electron chi connectivity index (χ3n) is 3.67. The standard InChI is InChI=1S/C9H18N2O2S/c1-14(12,13)8-6-11-3-2-9(8)4-7(10)5-9/h7-8,11H,2-6,10H2,1H3. The van der Waals surface area contributed by atoms with Gasteiger partial charge in [0.05, 0.1) is 5.25 Å². The summed E-state index contributed by atoms with van der Waals surface area (Å²) < 4.78 is 23.2. The van der Waals surface area contributed by atoms with Crippen LogP contribution in [-0.2, 0) is 9.84 Å². The predicted molar refractivity (Wildman–Crippen MR) is 55.8 cm³/mol. The second-order valence-corrected chi connectivity index (χ2v) is 7.03. The summed E-state index contributed by atoms with van der Waals surface area (Å²) in [6.45, 7) is 1.53. The fourth-order valence-corrected chi connectivity index (χ4v) is 4.64. The van der Waals surface area contributed by atoms with Gasteiger partial charge >= 0.3 is 0 Å². The van der Waals surface area contributed by atoms with Crippen molar-refractivity contribution in [2.75, 3.05) is 19.3 Å². The van der Waals surface area contributed by atoms with Crippen LogP contribution in [0.2, 0.25) is 0 Å². The SMILES string of the molecule is CS(=O)(=O)C1CNCCC12CC(N)C2. The second-order valence-electron chi connectivity index (χ2n) is 4.80. The van der Waals surface area contributed by atoms with Gasteiger partial charge in [-0.25, -0.2) is 8.42 Å². The minimum Gasteiger partial charge on any atom is -0.328 e. The lowest BCUT2D eigenvalue weighted by Gasteiger charge is -2.53. The van der Waals surface area contributed by atoms with Crippen molar-refractivity contribution in [2.45, 2.75) is 30.6 Å². The van der Waals surface area contributed by atoms with Gasteiger partial charge in [0.15, 0.2) is 9.84 Å². The van der Waals surface area contributed by atoms with Crippen LogP contribution in [0.4, 0.5) is 0 Å². The number of sulfone groups is 1. The van der Waals surface area contributed by atoms with Gasteiger partial charge in [0.25, 0.3) is 0 Å². The van der Waals surface area contributed by atoms with Gasteiger partial charge in [0, 0.05) is 18.8 Å². The summed E-state index contributed by atoms with van der Waals surface area (Å²) in [7, 11) is -2.94. The van der Waals surface area contributed by atoms with Gasteiger partial charge in [-0.15, -0.1) is 0 Å². The van der Waals surface area contributed by atoms with E-state index in [1.54, 1.807) is 0 Å². The van der Waals surface area contributed by atoms with Crippen molar-refractivity contribution in [2.24, 2.45) is 11.1 Å². The van der Waals surface area contributed by atoms with Crippen LogP contribution in [-0.4, -0.2) is 39.1 Å². The van der Waals surface area contributed by atoms with E-state index in [1.165, 1.54) is 6.26 Å². The molecule has 3 N–H and O–H groups in total. The van der Waals surface area contributed by atoms with Crippen molar-refractivity contribution in [1.29, 1.82) is 0 Å². The summed E-state index contributed by atoms with van der Waals surface area (Å²) in [6, 6.07) is 0.220. The van der Waals surface area contributed by atoms with Gasteiger partial charge in [-0.05, 0) is 31.2 Å². The summed E-state index contributed by atoms with van der Waals surface area (Å²) in [5, 5.41) is 2.94. The van der Waals surface area contributed by atoms with E-state index in [1.807, 2.05) is 0 Å². The monoisotopic (exact) mass is 218 g/mol. The first-order valence-electron chi connectivity index (χ1n) is 5.09. The largest absolute Gasteiger partial charge is 0.328 e. The lowest BCUT2D eigenvalue weighted by atomic mass is 9.60. The Kier molecular flexibility index (Phi) is 2.36. The highest BCUT2D eigenvalue weighted by atomic mass is 32.2. The van der Waals surface area contributed by atoms with Gasteiger partial charge < -0.3 is 11.1 Å². The molecule has 1 spiro atoms. The Balaban J connectivity index is 2.21. The Morgan fingerprint density at radius 2 is 2.07 bits per heavy atom. The minimum atomic E-state index is -2.94. The fraction of sp³-hybridized carbons (Fsp3) is 1.00. The lowest BCUT2D eigenvalue weighted by molar-refractivity contribution is 0.0678. The van der Waals surface area contributed by atoms with Crippen molar-refractivity contribution in [3.8, 4) is 0 Å². The summed E-state index contributed by atoms with van der Waals surface area (Å²) in [5.41, 5.74) is 5.77. The van der Waals surface area contributed by atoms with Crippen LogP contribution in [0.3, 0.4) is 0 Å². The maximum atomic E-state index is 11.6. The molecule has 5 heteroatoms. The molecule has 0 aromatic heterocycles. The Bertz CT molecular complexity index is 314. The summed E-state index contributed by atoms with van der Waals surface area (Å²) in [6.07, 6.45) is 4.06. The van der Waals surface area contributed by atoms with Crippen molar-refractivity contribution in [3.05, 3.63) is 0 Å². The molecule has 0 aromatic rings. The van der Waals surface area contributed by atoms with Gasteiger partial charge in [0.1, 0.15) is 0 Å². The second kappa shape index (κ2) is 3.18. The van der Waals surface area contributed by atoms with Gasteiger partial charge in [-0.1, -0.05) is 0 Å². The summed E-state index contributed by atoms with van der Waals surface area (Å²) in [5.74, 6) is 0. The highest BCUT2D eigenvalue weighted by Gasteiger charge is 2.52. The van der Waals surface area contributed by atoms with Crippen molar-refractivity contribution >= 4 is 9.84 Å². The first-order chi connectivity index (χ1) is 6.44. The van der Waals surface area contributed by atoms with Crippen LogP contribution in [0.15, 0.2) is 0 Å². The third-order valence-corrected chi connectivity index (χ3v) is 5.37. The molecule has 82 valence electrons. The highest BCUT2D eigenvalue weighted by Crippen LogP contribution is 2.49. The number of rotatable bonds is 1. The quantitative estimate of drug-likeness (QED) is 0.622. The zero-order valence-electron chi connectivity index (χ0n) is 8.49. The Labute approximate surface area is 85.2 Å². The number of nitrogens with two attached hydrogens (primary N) is 1. The molecule has 0 amide bonds. The molecule has 1 aliphatic carbocycles. The number of nitrogens with one attached hydrogen (secondary N) is 1. The van der Waals surface area contributed by atoms with E-state index in [-0.39, 0.29) is 16.7 Å². The van der Waals surface area contributed by atoms with Crippen LogP contribution in [0.25, 0.3) is 0 Å². The molecule has 4 nitrogen and oxygen atoms in total. The zero-order chi connectivity index (χ0) is 10.4. The molecule has 0 bridgehead atoms. The molecule has 0 aromatic carbocycles. The fourth-order valence-electron chi connectivity index (χ4n) is 3.01. The maximum Gasteiger partial charge on any atom is 0.152 e. The summed E-state index contributed by atoms with van der Waals surface area (Å²) >= 11 is 0. The van der Waals surface area contributed by atoms with Crippen LogP contribution >= 0.6 is 0 Å².